The summed E-state index contributed by atoms with van der Waals surface area (Å²) in [6.07, 6.45) is 1.45. The van der Waals surface area contributed by atoms with Crippen molar-refractivity contribution in [1.82, 2.24) is 4.98 Å². The molecule has 5 heteroatoms. The van der Waals surface area contributed by atoms with E-state index in [1.165, 1.54) is 18.3 Å². The van der Waals surface area contributed by atoms with Gasteiger partial charge in [-0.3, -0.25) is 0 Å². The third-order valence-electron chi connectivity index (χ3n) is 2.40. The van der Waals surface area contributed by atoms with Crippen molar-refractivity contribution >= 4 is 11.6 Å². The fourth-order valence-corrected chi connectivity index (χ4v) is 1.64. The van der Waals surface area contributed by atoms with Gasteiger partial charge in [-0.2, -0.15) is 0 Å². The first-order chi connectivity index (χ1) is 8.60. The first kappa shape index (κ1) is 12.8. The van der Waals surface area contributed by atoms with Gasteiger partial charge < -0.3 is 9.84 Å². The fourth-order valence-electron chi connectivity index (χ4n) is 1.41. The quantitative estimate of drug-likeness (QED) is 0.926. The predicted molar refractivity (Wildman–Crippen MR) is 66.4 cm³/mol. The van der Waals surface area contributed by atoms with Crippen molar-refractivity contribution in [3.05, 3.63) is 52.4 Å². The Kier molecular flexibility index (Phi) is 3.79. The van der Waals surface area contributed by atoms with Crippen LogP contribution >= 0.6 is 11.6 Å². The molecule has 0 aliphatic carbocycles. The van der Waals surface area contributed by atoms with Crippen molar-refractivity contribution in [2.75, 3.05) is 0 Å². The summed E-state index contributed by atoms with van der Waals surface area (Å²) in [5, 5.41) is 9.20. The van der Waals surface area contributed by atoms with E-state index in [1.54, 1.807) is 19.1 Å². The van der Waals surface area contributed by atoms with Crippen LogP contribution in [-0.4, -0.2) is 10.1 Å². The first-order valence-corrected chi connectivity index (χ1v) is 5.67. The molecule has 0 atom stereocenters. The topological polar surface area (TPSA) is 42.4 Å². The number of rotatable bonds is 3. The summed E-state index contributed by atoms with van der Waals surface area (Å²) in [6, 6.07) is 5.79. The number of aliphatic hydroxyl groups is 1. The van der Waals surface area contributed by atoms with Gasteiger partial charge in [0.1, 0.15) is 16.6 Å². The van der Waals surface area contributed by atoms with E-state index in [9.17, 15) is 4.39 Å². The smallest absolute Gasteiger partial charge is 0.238 e. The molecule has 3 nitrogen and oxygen atoms in total. The summed E-state index contributed by atoms with van der Waals surface area (Å²) >= 11 is 5.96. The van der Waals surface area contributed by atoms with Crippen LogP contribution in [0.1, 0.15) is 11.1 Å². The van der Waals surface area contributed by atoms with Gasteiger partial charge in [-0.25, -0.2) is 9.37 Å². The van der Waals surface area contributed by atoms with E-state index < -0.39 is 5.82 Å². The lowest BCUT2D eigenvalue weighted by Crippen LogP contribution is -1.94. The zero-order chi connectivity index (χ0) is 13.1. The van der Waals surface area contributed by atoms with Crippen LogP contribution in [0.5, 0.6) is 11.6 Å². The summed E-state index contributed by atoms with van der Waals surface area (Å²) < 4.78 is 18.6. The molecular formula is C13H11ClFNO2. The zero-order valence-corrected chi connectivity index (χ0v) is 10.4. The third-order valence-corrected chi connectivity index (χ3v) is 2.67. The summed E-state index contributed by atoms with van der Waals surface area (Å²) in [5.41, 5.74) is 1.36. The highest BCUT2D eigenvalue weighted by atomic mass is 35.5. The van der Waals surface area contributed by atoms with Crippen LogP contribution < -0.4 is 4.74 Å². The molecule has 0 bridgehead atoms. The van der Waals surface area contributed by atoms with Gasteiger partial charge in [0.2, 0.25) is 5.88 Å². The second-order valence-corrected chi connectivity index (χ2v) is 4.21. The number of nitrogens with zero attached hydrogens (tertiary/aromatic N) is 1. The molecule has 0 amide bonds. The summed E-state index contributed by atoms with van der Waals surface area (Å²) in [6.45, 7) is 1.65. The number of ether oxygens (including phenoxy) is 1. The zero-order valence-electron chi connectivity index (χ0n) is 9.65. The predicted octanol–water partition coefficient (Wildman–Crippen LogP) is 3.47. The second-order valence-electron chi connectivity index (χ2n) is 3.80. The van der Waals surface area contributed by atoms with Gasteiger partial charge in [0, 0.05) is 12.3 Å². The molecule has 0 saturated heterocycles. The van der Waals surface area contributed by atoms with Crippen LogP contribution in [0.2, 0.25) is 5.02 Å². The molecule has 0 fully saturated rings. The Hall–Kier alpha value is -1.65. The molecule has 0 unspecified atom stereocenters. The lowest BCUT2D eigenvalue weighted by atomic mass is 10.2. The highest BCUT2D eigenvalue weighted by molar-refractivity contribution is 6.31. The molecule has 94 valence electrons. The van der Waals surface area contributed by atoms with Crippen molar-refractivity contribution in [2.24, 2.45) is 0 Å². The van der Waals surface area contributed by atoms with E-state index in [-0.39, 0.29) is 17.5 Å². The molecule has 1 aromatic heterocycles. The minimum atomic E-state index is -0.390. The normalized spacial score (nSPS) is 10.4. The van der Waals surface area contributed by atoms with Crippen LogP contribution in [0, 0.1) is 12.7 Å². The second kappa shape index (κ2) is 5.33. The molecule has 1 N–H and O–H groups in total. The number of hydrogen-bond donors (Lipinski definition) is 1. The van der Waals surface area contributed by atoms with Crippen molar-refractivity contribution in [2.45, 2.75) is 13.5 Å². The molecule has 2 rings (SSSR count). The monoisotopic (exact) mass is 267 g/mol. The van der Waals surface area contributed by atoms with E-state index in [2.05, 4.69) is 4.98 Å². The molecule has 2 aromatic rings. The lowest BCUT2D eigenvalue weighted by molar-refractivity contribution is 0.281. The summed E-state index contributed by atoms with van der Waals surface area (Å²) in [7, 11) is 0. The largest absolute Gasteiger partial charge is 0.437 e. The summed E-state index contributed by atoms with van der Waals surface area (Å²) in [4.78, 5) is 3.98. The number of aromatic nitrogens is 1. The maximum absolute atomic E-state index is 13.1. The summed E-state index contributed by atoms with van der Waals surface area (Å²) in [5.74, 6) is 0.155. The Bertz CT molecular complexity index is 575. The number of pyridine rings is 1. The third kappa shape index (κ3) is 2.78. The van der Waals surface area contributed by atoms with Gasteiger partial charge in [0.25, 0.3) is 0 Å². The Morgan fingerprint density at radius 2 is 2.17 bits per heavy atom. The maximum Gasteiger partial charge on any atom is 0.238 e. The average Bonchev–Trinajstić information content (AvgIpc) is 2.36. The molecule has 18 heavy (non-hydrogen) atoms. The molecule has 1 aromatic carbocycles. The number of hydrogen-bond acceptors (Lipinski definition) is 3. The molecular weight excluding hydrogens is 257 g/mol. The Labute approximate surface area is 109 Å². The molecule has 0 radical (unpaired) electrons. The van der Waals surface area contributed by atoms with Crippen molar-refractivity contribution in [1.29, 1.82) is 0 Å². The maximum atomic E-state index is 13.1. The van der Waals surface area contributed by atoms with E-state index in [0.29, 0.717) is 11.3 Å². The highest BCUT2D eigenvalue weighted by Gasteiger charge is 2.08. The first-order valence-electron chi connectivity index (χ1n) is 5.29. The molecule has 1 heterocycles. The lowest BCUT2D eigenvalue weighted by Gasteiger charge is -2.09. The number of halogens is 2. The number of benzene rings is 1. The SMILES string of the molecule is Cc1ccc(F)cc1Oc1ncc(CO)cc1Cl. The van der Waals surface area contributed by atoms with E-state index in [1.807, 2.05) is 0 Å². The van der Waals surface area contributed by atoms with Gasteiger partial charge in [-0.15, -0.1) is 0 Å². The van der Waals surface area contributed by atoms with Crippen molar-refractivity contribution < 1.29 is 14.2 Å². The Morgan fingerprint density at radius 3 is 2.83 bits per heavy atom. The minimum absolute atomic E-state index is 0.147. The standard InChI is InChI=1S/C13H11ClFNO2/c1-8-2-3-10(15)5-12(8)18-13-11(14)4-9(7-17)6-16-13/h2-6,17H,7H2,1H3. The van der Waals surface area contributed by atoms with Crippen molar-refractivity contribution in [3.8, 4) is 11.6 Å². The van der Waals surface area contributed by atoms with Gasteiger partial charge in [0.05, 0.1) is 6.61 Å². The van der Waals surface area contributed by atoms with E-state index >= 15 is 0 Å². The highest BCUT2D eigenvalue weighted by Crippen LogP contribution is 2.30. The Morgan fingerprint density at radius 1 is 1.39 bits per heavy atom. The van der Waals surface area contributed by atoms with Crippen molar-refractivity contribution in [3.63, 3.8) is 0 Å². The van der Waals surface area contributed by atoms with Gasteiger partial charge in [-0.1, -0.05) is 17.7 Å². The Balaban J connectivity index is 2.31. The number of aryl methyl sites for hydroxylation is 1. The molecule has 0 spiro atoms. The van der Waals surface area contributed by atoms with Crippen LogP contribution in [0.15, 0.2) is 30.5 Å². The van der Waals surface area contributed by atoms with Gasteiger partial charge in [0.15, 0.2) is 0 Å². The van der Waals surface area contributed by atoms with Crippen LogP contribution in [0.3, 0.4) is 0 Å². The van der Waals surface area contributed by atoms with E-state index in [4.69, 9.17) is 21.4 Å². The van der Waals surface area contributed by atoms with Gasteiger partial charge in [-0.05, 0) is 30.2 Å². The van der Waals surface area contributed by atoms with Crippen LogP contribution in [0.25, 0.3) is 0 Å². The van der Waals surface area contributed by atoms with Crippen LogP contribution in [-0.2, 0) is 6.61 Å². The fraction of sp³-hybridized carbons (Fsp3) is 0.154. The molecule has 0 saturated carbocycles. The molecule has 0 aliphatic heterocycles. The number of aliphatic hydroxyl groups excluding tert-OH is 1. The molecule has 0 aliphatic rings. The van der Waals surface area contributed by atoms with Gasteiger partial charge >= 0.3 is 0 Å². The average molecular weight is 268 g/mol. The van der Waals surface area contributed by atoms with Crippen LogP contribution in [0.4, 0.5) is 4.39 Å². The van der Waals surface area contributed by atoms with E-state index in [0.717, 1.165) is 5.56 Å². The minimum Gasteiger partial charge on any atom is -0.437 e.